The summed E-state index contributed by atoms with van der Waals surface area (Å²) >= 11 is 0. The second-order valence-corrected chi connectivity index (χ2v) is 3.88. The normalized spacial score (nSPS) is 12.5. The molecule has 0 aliphatic rings. The maximum Gasteiger partial charge on any atom is 0.105 e. The minimum absolute atomic E-state index is 0.355. The lowest BCUT2D eigenvalue weighted by atomic mass is 10.1. The van der Waals surface area contributed by atoms with E-state index >= 15 is 0 Å². The molecule has 0 fully saturated rings. The number of nitrogens with zero attached hydrogens (tertiary/aromatic N) is 4. The van der Waals surface area contributed by atoms with Crippen molar-refractivity contribution in [2.45, 2.75) is 6.04 Å². The van der Waals surface area contributed by atoms with Gasteiger partial charge in [-0.25, -0.2) is 4.68 Å². The average molecular weight is 240 g/mol. The third-order valence-corrected chi connectivity index (χ3v) is 2.74. The van der Waals surface area contributed by atoms with Gasteiger partial charge in [-0.15, -0.1) is 0 Å². The number of rotatable bonds is 3. The molecule has 3 rings (SSSR count). The molecule has 0 radical (unpaired) electrons. The van der Waals surface area contributed by atoms with Crippen LogP contribution in [-0.4, -0.2) is 25.2 Å². The van der Waals surface area contributed by atoms with Gasteiger partial charge in [-0.05, 0) is 18.2 Å². The van der Waals surface area contributed by atoms with Crippen LogP contribution < -0.4 is 5.73 Å². The van der Waals surface area contributed by atoms with Gasteiger partial charge in [-0.1, -0.05) is 18.2 Å². The molecule has 1 unspecified atom stereocenters. The van der Waals surface area contributed by atoms with Gasteiger partial charge >= 0.3 is 0 Å². The fraction of sp³-hybridized carbons (Fsp3) is 0.0833. The Labute approximate surface area is 103 Å². The second-order valence-electron chi connectivity index (χ2n) is 3.88. The van der Waals surface area contributed by atoms with Crippen molar-refractivity contribution in [3.63, 3.8) is 0 Å². The van der Waals surface area contributed by atoms with Gasteiger partial charge in [0.25, 0.3) is 0 Å². The molecule has 0 aliphatic heterocycles. The van der Waals surface area contributed by atoms with Gasteiger partial charge in [0, 0.05) is 6.20 Å². The predicted molar refractivity (Wildman–Crippen MR) is 66.0 cm³/mol. The van der Waals surface area contributed by atoms with Crippen molar-refractivity contribution in [1.82, 2.24) is 25.2 Å². The Kier molecular flexibility index (Phi) is 2.62. The molecule has 3 N–H and O–H groups in total. The van der Waals surface area contributed by atoms with Gasteiger partial charge in [0.05, 0.1) is 23.6 Å². The maximum absolute atomic E-state index is 6.16. The number of hydrogen-bond donors (Lipinski definition) is 2. The Bertz CT molecular complexity index is 613. The number of hydrogen-bond acceptors (Lipinski definition) is 4. The largest absolute Gasteiger partial charge is 0.318 e. The van der Waals surface area contributed by atoms with Crippen LogP contribution in [0.3, 0.4) is 0 Å². The first-order valence-electron chi connectivity index (χ1n) is 5.57. The molecular weight excluding hydrogens is 228 g/mol. The number of para-hydroxylation sites is 1. The molecule has 0 amide bonds. The van der Waals surface area contributed by atoms with E-state index in [0.717, 1.165) is 11.4 Å². The van der Waals surface area contributed by atoms with Crippen LogP contribution in [0.15, 0.2) is 48.8 Å². The summed E-state index contributed by atoms with van der Waals surface area (Å²) in [5.74, 6) is 0. The molecule has 0 saturated carbocycles. The predicted octanol–water partition coefficient (Wildman–Crippen LogP) is 1.04. The number of benzene rings is 1. The zero-order valence-corrected chi connectivity index (χ0v) is 9.56. The lowest BCUT2D eigenvalue weighted by Gasteiger charge is -2.11. The monoisotopic (exact) mass is 240 g/mol. The molecule has 0 bridgehead atoms. The summed E-state index contributed by atoms with van der Waals surface area (Å²) < 4.78 is 1.80. The Hall–Kier alpha value is -2.47. The summed E-state index contributed by atoms with van der Waals surface area (Å²) in [6.45, 7) is 0. The Morgan fingerprint density at radius 3 is 2.72 bits per heavy atom. The second kappa shape index (κ2) is 4.42. The van der Waals surface area contributed by atoms with Gasteiger partial charge in [-0.3, -0.25) is 0 Å². The van der Waals surface area contributed by atoms with Gasteiger partial charge in [-0.2, -0.15) is 20.5 Å². The molecule has 1 aromatic carbocycles. The first-order valence-corrected chi connectivity index (χ1v) is 5.57. The number of nitrogens with two attached hydrogens (primary N) is 1. The lowest BCUT2D eigenvalue weighted by molar-refractivity contribution is 0.718. The highest BCUT2D eigenvalue weighted by Gasteiger charge is 2.16. The summed E-state index contributed by atoms with van der Waals surface area (Å²) in [5, 5.41) is 14.6. The fourth-order valence-corrected chi connectivity index (χ4v) is 1.85. The van der Waals surface area contributed by atoms with Crippen molar-refractivity contribution < 1.29 is 0 Å². The van der Waals surface area contributed by atoms with E-state index in [9.17, 15) is 0 Å². The highest BCUT2D eigenvalue weighted by atomic mass is 15.3. The quantitative estimate of drug-likeness (QED) is 0.716. The third kappa shape index (κ3) is 1.78. The van der Waals surface area contributed by atoms with E-state index in [-0.39, 0.29) is 6.04 Å². The summed E-state index contributed by atoms with van der Waals surface area (Å²) in [5.41, 5.74) is 8.69. The van der Waals surface area contributed by atoms with Gasteiger partial charge in [0.15, 0.2) is 0 Å². The van der Waals surface area contributed by atoms with E-state index in [1.165, 1.54) is 0 Å². The third-order valence-electron chi connectivity index (χ3n) is 2.74. The maximum atomic E-state index is 6.16. The molecular formula is C12H12N6. The van der Waals surface area contributed by atoms with Crippen molar-refractivity contribution >= 4 is 0 Å². The molecule has 6 heteroatoms. The van der Waals surface area contributed by atoms with Crippen LogP contribution in [0.5, 0.6) is 0 Å². The van der Waals surface area contributed by atoms with E-state index in [1.807, 2.05) is 36.4 Å². The van der Waals surface area contributed by atoms with Crippen LogP contribution in [0.25, 0.3) is 5.69 Å². The summed E-state index contributed by atoms with van der Waals surface area (Å²) in [6, 6.07) is 11.4. The number of H-pyrrole nitrogens is 1. The Morgan fingerprint density at radius 2 is 2.00 bits per heavy atom. The molecule has 0 saturated heterocycles. The topological polar surface area (TPSA) is 85.4 Å². The molecule has 0 aliphatic carbocycles. The van der Waals surface area contributed by atoms with Crippen molar-refractivity contribution in [2.24, 2.45) is 5.73 Å². The molecule has 0 spiro atoms. The molecule has 1 atom stereocenters. The average Bonchev–Trinajstić information content (AvgIpc) is 3.10. The van der Waals surface area contributed by atoms with Crippen LogP contribution >= 0.6 is 0 Å². The minimum Gasteiger partial charge on any atom is -0.318 e. The molecule has 2 aromatic heterocycles. The van der Waals surface area contributed by atoms with E-state index < -0.39 is 0 Å². The van der Waals surface area contributed by atoms with E-state index in [1.54, 1.807) is 17.1 Å². The first kappa shape index (κ1) is 10.7. The molecule has 3 aromatic rings. The van der Waals surface area contributed by atoms with E-state index in [0.29, 0.717) is 5.69 Å². The number of aromatic amines is 1. The standard InChI is InChI=1S/C12H12N6/c13-12(10-8-14-17-16-10)11-6-7-15-18(11)9-4-2-1-3-5-9/h1-8,12H,13H2,(H,14,16,17). The fourth-order valence-electron chi connectivity index (χ4n) is 1.85. The Balaban J connectivity index is 2.02. The summed E-state index contributed by atoms with van der Waals surface area (Å²) in [4.78, 5) is 0. The Morgan fingerprint density at radius 1 is 1.17 bits per heavy atom. The smallest absolute Gasteiger partial charge is 0.105 e. The zero-order valence-electron chi connectivity index (χ0n) is 9.56. The van der Waals surface area contributed by atoms with Gasteiger partial charge in [0.2, 0.25) is 0 Å². The summed E-state index contributed by atoms with van der Waals surface area (Å²) in [7, 11) is 0. The summed E-state index contributed by atoms with van der Waals surface area (Å²) in [6.07, 6.45) is 3.34. The van der Waals surface area contributed by atoms with Crippen LogP contribution in [0, 0.1) is 0 Å². The van der Waals surface area contributed by atoms with Crippen molar-refractivity contribution in [3.8, 4) is 5.69 Å². The van der Waals surface area contributed by atoms with Crippen molar-refractivity contribution in [1.29, 1.82) is 0 Å². The van der Waals surface area contributed by atoms with Crippen molar-refractivity contribution in [3.05, 3.63) is 60.2 Å². The van der Waals surface area contributed by atoms with Crippen LogP contribution in [0.4, 0.5) is 0 Å². The van der Waals surface area contributed by atoms with E-state index in [4.69, 9.17) is 5.73 Å². The molecule has 90 valence electrons. The van der Waals surface area contributed by atoms with Crippen LogP contribution in [0.2, 0.25) is 0 Å². The molecule has 6 nitrogen and oxygen atoms in total. The lowest BCUT2D eigenvalue weighted by Crippen LogP contribution is -2.17. The van der Waals surface area contributed by atoms with Gasteiger partial charge < -0.3 is 5.73 Å². The van der Waals surface area contributed by atoms with Gasteiger partial charge in [0.1, 0.15) is 5.69 Å². The first-order chi connectivity index (χ1) is 8.86. The molecule has 2 heterocycles. The highest BCUT2D eigenvalue weighted by molar-refractivity contribution is 5.34. The SMILES string of the molecule is NC(c1cn[nH]n1)c1ccnn1-c1ccccc1. The van der Waals surface area contributed by atoms with Crippen LogP contribution in [0.1, 0.15) is 17.4 Å². The zero-order chi connectivity index (χ0) is 12.4. The highest BCUT2D eigenvalue weighted by Crippen LogP contribution is 2.19. The molecule has 18 heavy (non-hydrogen) atoms. The van der Waals surface area contributed by atoms with E-state index in [2.05, 4.69) is 20.5 Å². The minimum atomic E-state index is -0.355. The van der Waals surface area contributed by atoms with Crippen LogP contribution in [-0.2, 0) is 0 Å². The van der Waals surface area contributed by atoms with Crippen molar-refractivity contribution in [2.75, 3.05) is 0 Å². The number of nitrogens with one attached hydrogen (secondary N) is 1. The number of aromatic nitrogens is 5.